The molecule has 0 aliphatic rings. The summed E-state index contributed by atoms with van der Waals surface area (Å²) in [6, 6.07) is 7.25. The number of ether oxygens (including phenoxy) is 1. The number of carbonyl (C=O) groups is 2. The van der Waals surface area contributed by atoms with Crippen molar-refractivity contribution in [3.63, 3.8) is 0 Å². The number of alkyl carbamates (subject to hydrolysis) is 1. The lowest BCUT2D eigenvalue weighted by atomic mass is 9.93. The van der Waals surface area contributed by atoms with E-state index >= 15 is 0 Å². The van der Waals surface area contributed by atoms with E-state index in [1.807, 2.05) is 6.92 Å². The van der Waals surface area contributed by atoms with Gasteiger partial charge in [-0.3, -0.25) is 4.79 Å². The molecular formula is C19H26N3O4+. The van der Waals surface area contributed by atoms with Crippen molar-refractivity contribution in [1.82, 2.24) is 5.32 Å². The summed E-state index contributed by atoms with van der Waals surface area (Å²) in [5.41, 5.74) is -0.911. The number of ketones is 1. The number of hydrogen-bond donors (Lipinski definition) is 2. The zero-order valence-electron chi connectivity index (χ0n) is 15.8. The van der Waals surface area contributed by atoms with E-state index < -0.39 is 35.0 Å². The Hall–Kier alpha value is -2.88. The van der Waals surface area contributed by atoms with Gasteiger partial charge in [-0.2, -0.15) is 0 Å². The van der Waals surface area contributed by atoms with Crippen LogP contribution in [0.1, 0.15) is 46.6 Å². The van der Waals surface area contributed by atoms with Gasteiger partial charge in [0.25, 0.3) is 5.78 Å². The maximum absolute atomic E-state index is 12.8. The van der Waals surface area contributed by atoms with Crippen molar-refractivity contribution in [1.29, 1.82) is 5.39 Å². The first-order valence-corrected chi connectivity index (χ1v) is 8.48. The fraction of sp³-hybridized carbons (Fsp3) is 0.474. The third-order valence-corrected chi connectivity index (χ3v) is 3.77. The normalized spacial score (nSPS) is 14.5. The van der Waals surface area contributed by atoms with Crippen molar-refractivity contribution in [2.24, 2.45) is 5.92 Å². The molecule has 1 rings (SSSR count). The minimum absolute atomic E-state index is 0.268. The van der Waals surface area contributed by atoms with Crippen LogP contribution in [0.25, 0.3) is 10.7 Å². The number of amides is 1. The van der Waals surface area contributed by atoms with E-state index in [9.17, 15) is 20.1 Å². The monoisotopic (exact) mass is 360 g/mol. The molecule has 1 aromatic rings. The molecule has 0 radical (unpaired) electrons. The first kappa shape index (κ1) is 21.2. The molecule has 2 N–H and O–H groups in total. The predicted molar refractivity (Wildman–Crippen MR) is 98.7 cm³/mol. The Morgan fingerprint density at radius 2 is 1.85 bits per heavy atom. The highest BCUT2D eigenvalue weighted by Gasteiger charge is 2.39. The van der Waals surface area contributed by atoms with Crippen molar-refractivity contribution in [2.45, 2.75) is 52.7 Å². The molecule has 1 aromatic carbocycles. The Labute approximate surface area is 153 Å². The maximum atomic E-state index is 12.8. The van der Waals surface area contributed by atoms with Crippen molar-refractivity contribution in [3.8, 4) is 0 Å². The van der Waals surface area contributed by atoms with Crippen LogP contribution in [0.4, 0.5) is 4.79 Å². The van der Waals surface area contributed by atoms with Crippen molar-refractivity contribution in [3.05, 3.63) is 46.6 Å². The van der Waals surface area contributed by atoms with Crippen molar-refractivity contribution in [2.75, 3.05) is 0 Å². The van der Waals surface area contributed by atoms with Crippen LogP contribution in [-0.4, -0.2) is 28.6 Å². The molecule has 0 saturated carbocycles. The molecule has 0 aliphatic carbocycles. The summed E-state index contributed by atoms with van der Waals surface area (Å²) in [7, 11) is 0. The highest BCUT2D eigenvalue weighted by atomic mass is 16.6. The summed E-state index contributed by atoms with van der Waals surface area (Å²) in [6.45, 7) is 8.76. The molecule has 7 nitrogen and oxygen atoms in total. The van der Waals surface area contributed by atoms with Gasteiger partial charge in [-0.05, 0) is 26.7 Å². The number of nitrogens with zero attached hydrogens (tertiary/aromatic N) is 2. The molecule has 2 atom stereocenters. The smallest absolute Gasteiger partial charge is 0.471 e. The maximum Gasteiger partial charge on any atom is 0.471 e. The molecule has 0 bridgehead atoms. The van der Waals surface area contributed by atoms with E-state index in [1.165, 1.54) is 0 Å². The molecule has 0 spiro atoms. The summed E-state index contributed by atoms with van der Waals surface area (Å²) < 4.78 is 5.20. The van der Waals surface area contributed by atoms with E-state index in [1.54, 1.807) is 58.0 Å². The van der Waals surface area contributed by atoms with Crippen LogP contribution in [0.15, 0.2) is 36.0 Å². The molecule has 0 aliphatic heterocycles. The first-order chi connectivity index (χ1) is 12.1. The van der Waals surface area contributed by atoms with E-state index in [4.69, 9.17) is 4.74 Å². The van der Waals surface area contributed by atoms with Crippen molar-refractivity contribution < 1.29 is 19.4 Å². The third-order valence-electron chi connectivity index (χ3n) is 3.77. The molecule has 26 heavy (non-hydrogen) atoms. The quantitative estimate of drug-likeness (QED) is 0.448. The number of carbonyl (C=O) groups excluding carboxylic acids is 2. The Kier molecular flexibility index (Phi) is 7.32. The number of nitrogens with one attached hydrogen (secondary N) is 1. The Balaban J connectivity index is 3.18. The second kappa shape index (κ2) is 8.99. The summed E-state index contributed by atoms with van der Waals surface area (Å²) >= 11 is 0. The third kappa shape index (κ3) is 5.88. The van der Waals surface area contributed by atoms with Gasteiger partial charge in [-0.15, -0.1) is 0 Å². The van der Waals surface area contributed by atoms with Crippen LogP contribution in [-0.2, 0) is 9.53 Å². The standard InChI is InChI=1S/C19H25N3O4/c1-6-12(2)14(21-18(25)26-19(3,4)5)17(24)15(22-20)16(23)13-10-8-7-9-11-13/h7-12,14H,6H2,1-5H3,(H-,21,23,24,25)/p+1/t12-,14-/m0/s1. The number of rotatable bonds is 6. The number of hydrogen-bond acceptors (Lipinski definition) is 5. The first-order valence-electron chi connectivity index (χ1n) is 8.48. The summed E-state index contributed by atoms with van der Waals surface area (Å²) in [5, 5.41) is 22.1. The topological polar surface area (TPSA) is 104 Å². The van der Waals surface area contributed by atoms with Crippen LogP contribution in [0.5, 0.6) is 0 Å². The molecule has 0 fully saturated rings. The second-order valence-electron chi connectivity index (χ2n) is 7.04. The van der Waals surface area contributed by atoms with Gasteiger partial charge in [-0.25, -0.2) is 4.79 Å². The van der Waals surface area contributed by atoms with E-state index in [-0.39, 0.29) is 5.92 Å². The van der Waals surface area contributed by atoms with Gasteiger partial charge >= 0.3 is 11.8 Å². The predicted octanol–water partition coefficient (Wildman–Crippen LogP) is 4.27. The highest BCUT2D eigenvalue weighted by molar-refractivity contribution is 6.07. The average Bonchev–Trinajstić information content (AvgIpc) is 2.58. The van der Waals surface area contributed by atoms with E-state index in [2.05, 4.69) is 10.3 Å². The van der Waals surface area contributed by atoms with Gasteiger partial charge in [0.15, 0.2) is 4.98 Å². The van der Waals surface area contributed by atoms with Crippen LogP contribution in [0, 0.1) is 11.3 Å². The molecule has 7 heteroatoms. The molecule has 0 saturated heterocycles. The Bertz CT molecular complexity index is 715. The number of aliphatic hydroxyl groups is 1. The van der Waals surface area contributed by atoms with Gasteiger partial charge in [0, 0.05) is 5.56 Å². The highest BCUT2D eigenvalue weighted by Crippen LogP contribution is 2.22. The summed E-state index contributed by atoms with van der Waals surface area (Å²) in [6.07, 6.45) is -0.176. The molecule has 0 aromatic heterocycles. The van der Waals surface area contributed by atoms with Gasteiger partial charge < -0.3 is 15.2 Å². The second-order valence-corrected chi connectivity index (χ2v) is 7.04. The lowest BCUT2D eigenvalue weighted by Crippen LogP contribution is -2.47. The van der Waals surface area contributed by atoms with Crippen LogP contribution >= 0.6 is 0 Å². The average molecular weight is 360 g/mol. The lowest BCUT2D eigenvalue weighted by molar-refractivity contribution is -0.118. The zero-order chi connectivity index (χ0) is 19.9. The molecule has 140 valence electrons. The van der Waals surface area contributed by atoms with Gasteiger partial charge in [-0.1, -0.05) is 50.6 Å². The van der Waals surface area contributed by atoms with Crippen LogP contribution in [0.3, 0.4) is 0 Å². The minimum atomic E-state index is -1.01. The van der Waals surface area contributed by atoms with Crippen molar-refractivity contribution >= 4 is 17.6 Å². The van der Waals surface area contributed by atoms with Crippen LogP contribution < -0.4 is 5.32 Å². The van der Waals surface area contributed by atoms with Crippen LogP contribution in [0.2, 0.25) is 0 Å². The van der Waals surface area contributed by atoms with E-state index in [0.717, 1.165) is 0 Å². The summed E-state index contributed by atoms with van der Waals surface area (Å²) in [5.74, 6) is -1.43. The molecule has 0 heterocycles. The fourth-order valence-electron chi connectivity index (χ4n) is 2.23. The number of Topliss-reactive ketones (excluding diaryl/α,β-unsaturated/α-hetero) is 1. The minimum Gasteiger partial charge on any atom is -0.501 e. The lowest BCUT2D eigenvalue weighted by Gasteiger charge is -2.24. The number of diazo groups is 1. The number of aliphatic hydroxyl groups excluding tert-OH is 1. The Morgan fingerprint density at radius 3 is 2.31 bits per heavy atom. The number of benzene rings is 1. The van der Waals surface area contributed by atoms with E-state index in [0.29, 0.717) is 12.0 Å². The molecular weight excluding hydrogens is 334 g/mol. The summed E-state index contributed by atoms with van der Waals surface area (Å²) in [4.78, 5) is 27.9. The zero-order valence-corrected chi connectivity index (χ0v) is 15.8. The Morgan fingerprint density at radius 1 is 1.27 bits per heavy atom. The van der Waals surface area contributed by atoms with Gasteiger partial charge in [0.1, 0.15) is 11.6 Å². The van der Waals surface area contributed by atoms with Gasteiger partial charge in [0.2, 0.25) is 11.2 Å². The molecule has 0 unspecified atom stereocenters. The largest absolute Gasteiger partial charge is 0.501 e. The SMILES string of the molecule is CC[C@H](C)[C@H](NC(=O)OC(C)(C)C)C(=O)/C([N+]#N)=C(\O)c1ccccc1. The van der Waals surface area contributed by atoms with Gasteiger partial charge in [0.05, 0.1) is 0 Å². The molecule has 1 amide bonds. The fourth-order valence-corrected chi connectivity index (χ4v) is 2.23.